The lowest BCUT2D eigenvalue weighted by Crippen LogP contribution is -2.48. The predicted molar refractivity (Wildman–Crippen MR) is 91.2 cm³/mol. The second-order valence-electron chi connectivity index (χ2n) is 6.21. The zero-order valence-corrected chi connectivity index (χ0v) is 14.8. The van der Waals surface area contributed by atoms with Crippen LogP contribution in [0.5, 0.6) is 11.5 Å². The van der Waals surface area contributed by atoms with E-state index in [2.05, 4.69) is 5.32 Å². The molecule has 1 fully saturated rings. The summed E-state index contributed by atoms with van der Waals surface area (Å²) in [5.74, 6) is -2.11. The molecule has 0 aromatic heterocycles. The van der Waals surface area contributed by atoms with E-state index in [0.29, 0.717) is 54.7 Å². The Labute approximate surface area is 155 Å². The zero-order chi connectivity index (χ0) is 18.7. The molecule has 2 aliphatic heterocycles. The molecule has 0 aliphatic carbocycles. The second kappa shape index (κ2) is 7.82. The number of hydrogen-bond donors (Lipinski definition) is 2. The molecule has 0 radical (unpaired) electrons. The van der Waals surface area contributed by atoms with E-state index in [0.717, 1.165) is 0 Å². The van der Waals surface area contributed by atoms with Crippen molar-refractivity contribution in [3.8, 4) is 11.5 Å². The van der Waals surface area contributed by atoms with E-state index in [9.17, 15) is 14.4 Å². The first-order valence-corrected chi connectivity index (χ1v) is 8.71. The third kappa shape index (κ3) is 4.01. The number of likely N-dealkylation sites (tertiary alicyclic amines) is 1. The van der Waals surface area contributed by atoms with Gasteiger partial charge in [-0.05, 0) is 30.5 Å². The van der Waals surface area contributed by atoms with Gasteiger partial charge in [-0.25, -0.2) is 0 Å². The number of amides is 2. The minimum Gasteiger partial charge on any atom is -0.486 e. The molecule has 0 saturated carbocycles. The lowest BCUT2D eigenvalue weighted by atomic mass is 9.98. The Morgan fingerprint density at radius 1 is 1.27 bits per heavy atom. The van der Waals surface area contributed by atoms with Crippen molar-refractivity contribution in [3.05, 3.63) is 22.7 Å². The summed E-state index contributed by atoms with van der Waals surface area (Å²) in [4.78, 5) is 36.7. The number of hydrogen-bond acceptors (Lipinski definition) is 5. The lowest BCUT2D eigenvalue weighted by Gasteiger charge is -2.30. The van der Waals surface area contributed by atoms with Crippen molar-refractivity contribution in [2.24, 2.45) is 5.92 Å². The number of carbonyl (C=O) groups is 3. The summed E-state index contributed by atoms with van der Waals surface area (Å²) in [6.07, 6.45) is 1.07. The molecule has 8 nitrogen and oxygen atoms in total. The summed E-state index contributed by atoms with van der Waals surface area (Å²) >= 11 is 6.14. The summed E-state index contributed by atoms with van der Waals surface area (Å²) in [7, 11) is 0. The van der Waals surface area contributed by atoms with Crippen molar-refractivity contribution < 1.29 is 29.0 Å². The molecule has 1 saturated heterocycles. The van der Waals surface area contributed by atoms with E-state index in [1.54, 1.807) is 12.1 Å². The number of halogens is 1. The van der Waals surface area contributed by atoms with E-state index in [1.807, 2.05) is 0 Å². The number of piperidine rings is 1. The normalized spacial score (nSPS) is 19.0. The number of benzene rings is 1. The number of carboxylic acid groups (broad SMARTS) is 1. The number of nitrogens with one attached hydrogen (secondary N) is 1. The molecular formula is C17H19ClN2O6. The van der Waals surface area contributed by atoms with Gasteiger partial charge >= 0.3 is 17.8 Å². The van der Waals surface area contributed by atoms with Gasteiger partial charge in [-0.15, -0.1) is 0 Å². The van der Waals surface area contributed by atoms with E-state index in [-0.39, 0.29) is 13.1 Å². The fraction of sp³-hybridized carbons (Fsp3) is 0.471. The van der Waals surface area contributed by atoms with Crippen LogP contribution < -0.4 is 14.8 Å². The number of rotatable bonds is 3. The van der Waals surface area contributed by atoms with Crippen molar-refractivity contribution in [1.82, 2.24) is 10.2 Å². The molecule has 3 rings (SSSR count). The van der Waals surface area contributed by atoms with Crippen LogP contribution in [0.15, 0.2) is 12.1 Å². The molecule has 1 aromatic rings. The first-order chi connectivity index (χ1) is 12.5. The summed E-state index contributed by atoms with van der Waals surface area (Å²) in [6.45, 7) is 1.36. The topological polar surface area (TPSA) is 105 Å². The van der Waals surface area contributed by atoms with Crippen molar-refractivity contribution in [3.63, 3.8) is 0 Å². The molecule has 1 unspecified atom stereocenters. The largest absolute Gasteiger partial charge is 0.486 e. The zero-order valence-electron chi connectivity index (χ0n) is 14.0. The van der Waals surface area contributed by atoms with E-state index in [4.69, 9.17) is 26.2 Å². The van der Waals surface area contributed by atoms with Gasteiger partial charge in [-0.2, -0.15) is 0 Å². The maximum absolute atomic E-state index is 12.2. The van der Waals surface area contributed by atoms with Crippen molar-refractivity contribution in [2.45, 2.75) is 19.4 Å². The average molecular weight is 383 g/mol. The van der Waals surface area contributed by atoms with Crippen LogP contribution in [-0.4, -0.2) is 54.1 Å². The smallest absolute Gasteiger partial charge is 0.311 e. The number of carboxylic acids is 1. The molecule has 2 amide bonds. The van der Waals surface area contributed by atoms with Crippen molar-refractivity contribution >= 4 is 29.4 Å². The minimum atomic E-state index is -0.950. The van der Waals surface area contributed by atoms with Gasteiger partial charge in [0.1, 0.15) is 13.2 Å². The molecule has 0 bridgehead atoms. The fourth-order valence-electron chi connectivity index (χ4n) is 3.03. The molecule has 1 atom stereocenters. The Kier molecular flexibility index (Phi) is 5.51. The van der Waals surface area contributed by atoms with E-state index >= 15 is 0 Å². The summed E-state index contributed by atoms with van der Waals surface area (Å²) in [5, 5.41) is 12.0. The maximum atomic E-state index is 12.2. The molecular weight excluding hydrogens is 364 g/mol. The molecule has 0 spiro atoms. The van der Waals surface area contributed by atoms with Crippen LogP contribution in [0.2, 0.25) is 5.02 Å². The van der Waals surface area contributed by atoms with Crippen LogP contribution in [0.4, 0.5) is 0 Å². The Hall–Kier alpha value is -2.48. The number of aliphatic carboxylic acids is 1. The van der Waals surface area contributed by atoms with Crippen molar-refractivity contribution in [2.75, 3.05) is 26.3 Å². The fourth-order valence-corrected chi connectivity index (χ4v) is 3.32. The molecule has 1 aromatic carbocycles. The Morgan fingerprint density at radius 3 is 2.81 bits per heavy atom. The van der Waals surface area contributed by atoms with Gasteiger partial charge < -0.3 is 24.8 Å². The maximum Gasteiger partial charge on any atom is 0.311 e. The highest BCUT2D eigenvalue weighted by atomic mass is 35.5. The van der Waals surface area contributed by atoms with Gasteiger partial charge in [0.2, 0.25) is 0 Å². The summed E-state index contributed by atoms with van der Waals surface area (Å²) in [6, 6.07) is 3.34. The predicted octanol–water partition coefficient (Wildman–Crippen LogP) is 1.05. The number of carbonyl (C=O) groups excluding carboxylic acids is 2. The number of ether oxygens (including phenoxy) is 2. The summed E-state index contributed by atoms with van der Waals surface area (Å²) in [5.41, 5.74) is 0.669. The van der Waals surface area contributed by atoms with Gasteiger partial charge in [0, 0.05) is 19.6 Å². The highest BCUT2D eigenvalue weighted by molar-refractivity contribution is 6.35. The Balaban J connectivity index is 1.59. The van der Waals surface area contributed by atoms with E-state index in [1.165, 1.54) is 4.90 Å². The SMILES string of the molecule is O=C(NCc1cc(Cl)c2c(c1)OCCO2)C(=O)N1CCCC(C(=O)O)C1. The van der Waals surface area contributed by atoms with Crippen LogP contribution in [0.3, 0.4) is 0 Å². The van der Waals surface area contributed by atoms with E-state index < -0.39 is 23.7 Å². The summed E-state index contributed by atoms with van der Waals surface area (Å²) < 4.78 is 10.9. The first-order valence-electron chi connectivity index (χ1n) is 8.33. The average Bonchev–Trinajstić information content (AvgIpc) is 2.65. The van der Waals surface area contributed by atoms with Gasteiger partial charge in [0.25, 0.3) is 0 Å². The lowest BCUT2D eigenvalue weighted by molar-refractivity contribution is -0.150. The molecule has 2 aliphatic rings. The standard InChI is InChI=1S/C17H19ClN2O6/c18-12-6-10(7-13-14(12)26-5-4-25-13)8-19-15(21)16(22)20-3-1-2-11(9-20)17(23)24/h6-7,11H,1-5,8-9H2,(H,19,21)(H,23,24). The quantitative estimate of drug-likeness (QED) is 0.757. The van der Waals surface area contributed by atoms with Gasteiger partial charge in [-0.1, -0.05) is 11.6 Å². The second-order valence-corrected chi connectivity index (χ2v) is 6.62. The van der Waals surface area contributed by atoms with Crippen molar-refractivity contribution in [1.29, 1.82) is 0 Å². The highest BCUT2D eigenvalue weighted by Crippen LogP contribution is 2.38. The van der Waals surface area contributed by atoms with Crippen LogP contribution in [-0.2, 0) is 20.9 Å². The van der Waals surface area contributed by atoms with Gasteiger partial charge in [0.15, 0.2) is 11.5 Å². The third-order valence-corrected chi connectivity index (χ3v) is 4.64. The number of fused-ring (bicyclic) bond motifs is 1. The molecule has 9 heteroatoms. The number of nitrogens with zero attached hydrogens (tertiary/aromatic N) is 1. The molecule has 2 N–H and O–H groups in total. The molecule has 140 valence electrons. The Morgan fingerprint density at radius 2 is 2.04 bits per heavy atom. The van der Waals surface area contributed by atoms with Crippen LogP contribution in [0.1, 0.15) is 18.4 Å². The Bertz CT molecular complexity index is 738. The van der Waals surface area contributed by atoms with Crippen LogP contribution in [0, 0.1) is 5.92 Å². The van der Waals surface area contributed by atoms with Crippen LogP contribution >= 0.6 is 11.6 Å². The first kappa shape index (κ1) is 18.3. The molecule has 2 heterocycles. The third-order valence-electron chi connectivity index (χ3n) is 4.36. The highest BCUT2D eigenvalue weighted by Gasteiger charge is 2.31. The van der Waals surface area contributed by atoms with Gasteiger partial charge in [0.05, 0.1) is 10.9 Å². The monoisotopic (exact) mass is 382 g/mol. The molecule has 26 heavy (non-hydrogen) atoms. The van der Waals surface area contributed by atoms with Crippen LogP contribution in [0.25, 0.3) is 0 Å². The van der Waals surface area contributed by atoms with Gasteiger partial charge in [-0.3, -0.25) is 14.4 Å². The minimum absolute atomic E-state index is 0.0530.